The van der Waals surface area contributed by atoms with Gasteiger partial charge in [-0.25, -0.2) is 4.79 Å². The molecule has 9 heteroatoms. The second-order valence-corrected chi connectivity index (χ2v) is 8.75. The average molecular weight is 448 g/mol. The highest BCUT2D eigenvalue weighted by Gasteiger charge is 2.61. The Morgan fingerprint density at radius 2 is 1.61 bits per heavy atom. The van der Waals surface area contributed by atoms with E-state index < -0.39 is 23.3 Å². The van der Waals surface area contributed by atoms with Crippen molar-refractivity contribution in [2.45, 2.75) is 19.3 Å². The minimum absolute atomic E-state index is 0.115. The topological polar surface area (TPSA) is 124 Å². The smallest absolute Gasteiger partial charge is 0.338 e. The van der Waals surface area contributed by atoms with E-state index in [1.807, 2.05) is 0 Å². The summed E-state index contributed by atoms with van der Waals surface area (Å²) in [5, 5.41) is 10.7. The summed E-state index contributed by atoms with van der Waals surface area (Å²) >= 11 is 0. The Balaban J connectivity index is 1.27. The Bertz CT molecular complexity index is 1160. The van der Waals surface area contributed by atoms with Crippen LogP contribution in [0.4, 0.5) is 11.4 Å². The van der Waals surface area contributed by atoms with E-state index in [9.17, 15) is 29.3 Å². The monoisotopic (exact) mass is 448 g/mol. The summed E-state index contributed by atoms with van der Waals surface area (Å²) < 4.78 is 5.10. The van der Waals surface area contributed by atoms with Crippen LogP contribution in [-0.2, 0) is 14.3 Å². The molecular formula is C24H20N2O7. The van der Waals surface area contributed by atoms with Gasteiger partial charge >= 0.3 is 5.97 Å². The molecule has 0 radical (unpaired) electrons. The molecule has 2 aromatic carbocycles. The SMILES string of the molecule is O=C(COC(=O)c1cccc(N2C(=O)[C@@H]3[C@H]4CC[C@@H](C4)[C@@H]3C2=O)c1)c1ccc([N+](=O)[O-])cc1. The second kappa shape index (κ2) is 7.91. The van der Waals surface area contributed by atoms with Crippen molar-refractivity contribution in [3.05, 3.63) is 69.8 Å². The molecule has 4 atom stereocenters. The van der Waals surface area contributed by atoms with Crippen molar-refractivity contribution in [3.63, 3.8) is 0 Å². The standard InChI is InChI=1S/C24H20N2O7/c27-19(13-6-8-17(9-7-13)26(31)32)12-33-24(30)16-2-1-3-18(11-16)25-22(28)20-14-4-5-15(10-14)21(20)23(25)29/h1-3,6-9,11,14-15,20-21H,4-5,10,12H2/t14-,15-,20-,21+/m0/s1. The van der Waals surface area contributed by atoms with Gasteiger partial charge in [0.05, 0.1) is 28.0 Å². The normalized spacial score (nSPS) is 25.3. The van der Waals surface area contributed by atoms with Gasteiger partial charge in [-0.1, -0.05) is 6.07 Å². The number of hydrogen-bond acceptors (Lipinski definition) is 7. The van der Waals surface area contributed by atoms with Gasteiger partial charge in [0, 0.05) is 17.7 Å². The van der Waals surface area contributed by atoms with E-state index in [4.69, 9.17) is 4.74 Å². The van der Waals surface area contributed by atoms with Gasteiger partial charge in [0.25, 0.3) is 5.69 Å². The number of Topliss-reactive ketones (excluding diaryl/α,β-unsaturated/α-hetero) is 1. The van der Waals surface area contributed by atoms with E-state index in [1.54, 1.807) is 12.1 Å². The number of amides is 2. The van der Waals surface area contributed by atoms with Crippen LogP contribution in [0, 0.1) is 33.8 Å². The van der Waals surface area contributed by atoms with E-state index in [1.165, 1.54) is 41.3 Å². The number of nitro groups is 1. The van der Waals surface area contributed by atoms with Crippen molar-refractivity contribution in [2.75, 3.05) is 11.5 Å². The fourth-order valence-electron chi connectivity index (χ4n) is 5.50. The van der Waals surface area contributed by atoms with E-state index in [0.717, 1.165) is 19.3 Å². The highest BCUT2D eigenvalue weighted by molar-refractivity contribution is 6.22. The molecule has 3 aliphatic rings. The summed E-state index contributed by atoms with van der Waals surface area (Å²) in [5.74, 6) is -1.67. The van der Waals surface area contributed by atoms with Crippen molar-refractivity contribution in [1.29, 1.82) is 0 Å². The van der Waals surface area contributed by atoms with Crippen LogP contribution < -0.4 is 4.90 Å². The number of hydrogen-bond donors (Lipinski definition) is 0. The van der Waals surface area contributed by atoms with Gasteiger partial charge in [0.15, 0.2) is 12.4 Å². The Labute approximate surface area is 188 Å². The second-order valence-electron chi connectivity index (χ2n) is 8.75. The molecule has 1 heterocycles. The first kappa shape index (κ1) is 21.0. The van der Waals surface area contributed by atoms with Gasteiger partial charge in [-0.05, 0) is 61.4 Å². The number of nitro benzene ring substituents is 1. The van der Waals surface area contributed by atoms with Crippen molar-refractivity contribution in [1.82, 2.24) is 0 Å². The number of nitrogens with zero attached hydrogens (tertiary/aromatic N) is 2. The quantitative estimate of drug-likeness (QED) is 0.219. The summed E-state index contributed by atoms with van der Waals surface area (Å²) in [6, 6.07) is 11.1. The first-order chi connectivity index (χ1) is 15.8. The number of carbonyl (C=O) groups excluding carboxylic acids is 4. The molecule has 2 bridgehead atoms. The van der Waals surface area contributed by atoms with Crippen LogP contribution in [-0.4, -0.2) is 35.1 Å². The predicted octanol–water partition coefficient (Wildman–Crippen LogP) is 3.17. The molecule has 1 saturated heterocycles. The van der Waals surface area contributed by atoms with Crippen LogP contribution in [0.15, 0.2) is 48.5 Å². The maximum Gasteiger partial charge on any atom is 0.338 e. The number of non-ortho nitro benzene ring substituents is 1. The summed E-state index contributed by atoms with van der Waals surface area (Å²) in [7, 11) is 0. The van der Waals surface area contributed by atoms with E-state index in [0.29, 0.717) is 5.69 Å². The largest absolute Gasteiger partial charge is 0.454 e. The molecule has 9 nitrogen and oxygen atoms in total. The van der Waals surface area contributed by atoms with Crippen molar-refractivity contribution < 1.29 is 28.8 Å². The molecule has 0 unspecified atom stereocenters. The number of imide groups is 1. The van der Waals surface area contributed by atoms with Crippen LogP contribution in [0.3, 0.4) is 0 Å². The molecule has 3 fully saturated rings. The Hall–Kier alpha value is -3.88. The van der Waals surface area contributed by atoms with Crippen LogP contribution >= 0.6 is 0 Å². The molecule has 2 aromatic rings. The Morgan fingerprint density at radius 1 is 0.970 bits per heavy atom. The fourth-order valence-corrected chi connectivity index (χ4v) is 5.50. The minimum Gasteiger partial charge on any atom is -0.454 e. The molecule has 168 valence electrons. The van der Waals surface area contributed by atoms with Crippen LogP contribution in [0.2, 0.25) is 0 Å². The van der Waals surface area contributed by atoms with Gasteiger partial charge in [0.1, 0.15) is 0 Å². The highest BCUT2D eigenvalue weighted by Crippen LogP contribution is 2.56. The lowest BCUT2D eigenvalue weighted by molar-refractivity contribution is -0.384. The van der Waals surface area contributed by atoms with Crippen LogP contribution in [0.5, 0.6) is 0 Å². The maximum absolute atomic E-state index is 13.0. The highest BCUT2D eigenvalue weighted by atomic mass is 16.6. The number of ketones is 1. The summed E-state index contributed by atoms with van der Waals surface area (Å²) in [6.07, 6.45) is 2.90. The lowest BCUT2D eigenvalue weighted by atomic mass is 9.81. The number of carbonyl (C=O) groups is 4. The van der Waals surface area contributed by atoms with Gasteiger partial charge in [-0.2, -0.15) is 0 Å². The third kappa shape index (κ3) is 3.49. The molecule has 2 amide bonds. The van der Waals surface area contributed by atoms with Crippen LogP contribution in [0.1, 0.15) is 40.0 Å². The van der Waals surface area contributed by atoms with Gasteiger partial charge in [-0.15, -0.1) is 0 Å². The molecule has 2 aliphatic carbocycles. The van der Waals surface area contributed by atoms with Gasteiger partial charge in [0.2, 0.25) is 11.8 Å². The lowest BCUT2D eigenvalue weighted by Gasteiger charge is -2.19. The van der Waals surface area contributed by atoms with Crippen LogP contribution in [0.25, 0.3) is 0 Å². The number of rotatable bonds is 6. The molecule has 0 aromatic heterocycles. The van der Waals surface area contributed by atoms with E-state index in [-0.39, 0.29) is 52.3 Å². The molecule has 5 rings (SSSR count). The molecule has 33 heavy (non-hydrogen) atoms. The van der Waals surface area contributed by atoms with Crippen molar-refractivity contribution in [2.24, 2.45) is 23.7 Å². The van der Waals surface area contributed by atoms with Crippen molar-refractivity contribution in [3.8, 4) is 0 Å². The van der Waals surface area contributed by atoms with E-state index in [2.05, 4.69) is 0 Å². The molecule has 0 spiro atoms. The Morgan fingerprint density at radius 3 is 2.21 bits per heavy atom. The molecule has 2 saturated carbocycles. The summed E-state index contributed by atoms with van der Waals surface area (Å²) in [6.45, 7) is -0.546. The first-order valence-electron chi connectivity index (χ1n) is 10.8. The van der Waals surface area contributed by atoms with E-state index >= 15 is 0 Å². The minimum atomic E-state index is -0.772. The lowest BCUT2D eigenvalue weighted by Crippen LogP contribution is -2.32. The fraction of sp³-hybridized carbons (Fsp3) is 0.333. The molecule has 1 aliphatic heterocycles. The molecular weight excluding hydrogens is 428 g/mol. The number of esters is 1. The number of anilines is 1. The zero-order valence-electron chi connectivity index (χ0n) is 17.5. The third-order valence-electron chi connectivity index (χ3n) is 7.00. The zero-order valence-corrected chi connectivity index (χ0v) is 17.5. The zero-order chi connectivity index (χ0) is 23.3. The number of ether oxygens (including phenoxy) is 1. The maximum atomic E-state index is 13.0. The summed E-state index contributed by atoms with van der Waals surface area (Å²) in [5.41, 5.74) is 0.472. The Kier molecular flexibility index (Phi) is 5.03. The van der Waals surface area contributed by atoms with Gasteiger partial charge in [-0.3, -0.25) is 29.4 Å². The van der Waals surface area contributed by atoms with Gasteiger partial charge < -0.3 is 4.74 Å². The molecule has 0 N–H and O–H groups in total. The summed E-state index contributed by atoms with van der Waals surface area (Å²) in [4.78, 5) is 62.1. The predicted molar refractivity (Wildman–Crippen MR) is 114 cm³/mol. The number of fused-ring (bicyclic) bond motifs is 5. The average Bonchev–Trinajstić information content (AvgIpc) is 3.51. The third-order valence-corrected chi connectivity index (χ3v) is 7.00. The number of benzene rings is 2. The first-order valence-corrected chi connectivity index (χ1v) is 10.8. The van der Waals surface area contributed by atoms with Crippen molar-refractivity contribution >= 4 is 34.9 Å².